The zero-order valence-corrected chi connectivity index (χ0v) is 17.3. The van der Waals surface area contributed by atoms with E-state index >= 15 is 0 Å². The molecule has 1 amide bonds. The number of amides is 1. The summed E-state index contributed by atoms with van der Waals surface area (Å²) in [5, 5.41) is 0. The third-order valence-electron chi connectivity index (χ3n) is 4.85. The van der Waals surface area contributed by atoms with Gasteiger partial charge in [0.1, 0.15) is 19.0 Å². The third kappa shape index (κ3) is 6.12. The van der Waals surface area contributed by atoms with Gasteiger partial charge in [0.05, 0.1) is 6.61 Å². The summed E-state index contributed by atoms with van der Waals surface area (Å²) in [7, 11) is 2.09. The molecule has 1 fully saturated rings. The summed E-state index contributed by atoms with van der Waals surface area (Å²) in [6.07, 6.45) is 0.989. The highest BCUT2D eigenvalue weighted by Gasteiger charge is 2.20. The topological polar surface area (TPSA) is 51.2 Å². The number of hydrogen-bond acceptors (Lipinski definition) is 5. The molecule has 2 aromatic rings. The highest BCUT2D eigenvalue weighted by molar-refractivity contribution is 5.95. The molecule has 6 nitrogen and oxygen atoms in total. The van der Waals surface area contributed by atoms with Crippen molar-refractivity contribution < 1.29 is 19.0 Å². The highest BCUT2D eigenvalue weighted by atomic mass is 16.5. The maximum absolute atomic E-state index is 12.9. The molecule has 29 heavy (non-hydrogen) atoms. The van der Waals surface area contributed by atoms with Crippen molar-refractivity contribution in [2.45, 2.75) is 13.3 Å². The van der Waals surface area contributed by atoms with Gasteiger partial charge in [-0.1, -0.05) is 18.2 Å². The zero-order valence-electron chi connectivity index (χ0n) is 17.3. The molecule has 3 rings (SSSR count). The van der Waals surface area contributed by atoms with Crippen LogP contribution in [0.3, 0.4) is 0 Å². The van der Waals surface area contributed by atoms with Gasteiger partial charge in [0.25, 0.3) is 5.91 Å². The van der Waals surface area contributed by atoms with E-state index in [1.165, 1.54) is 0 Å². The number of para-hydroxylation sites is 1. The van der Waals surface area contributed by atoms with E-state index < -0.39 is 0 Å². The molecule has 1 saturated heterocycles. The van der Waals surface area contributed by atoms with E-state index in [1.54, 1.807) is 6.07 Å². The van der Waals surface area contributed by atoms with Crippen LogP contribution in [0.5, 0.6) is 17.2 Å². The Balaban J connectivity index is 1.60. The van der Waals surface area contributed by atoms with Gasteiger partial charge in [-0.25, -0.2) is 0 Å². The second-order valence-electron chi connectivity index (χ2n) is 7.05. The monoisotopic (exact) mass is 398 g/mol. The van der Waals surface area contributed by atoms with Crippen molar-refractivity contribution in [3.63, 3.8) is 0 Å². The molecule has 2 aromatic carbocycles. The molecular formula is C23H30N2O4. The number of carbonyl (C=O) groups excluding carboxylic acids is 1. The van der Waals surface area contributed by atoms with Gasteiger partial charge in [-0.15, -0.1) is 0 Å². The minimum Gasteiger partial charge on any atom is -0.490 e. The summed E-state index contributed by atoms with van der Waals surface area (Å²) in [4.78, 5) is 17.1. The van der Waals surface area contributed by atoms with Gasteiger partial charge in [-0.3, -0.25) is 4.79 Å². The molecule has 0 radical (unpaired) electrons. The summed E-state index contributed by atoms with van der Waals surface area (Å²) in [5.74, 6) is 2.06. The van der Waals surface area contributed by atoms with Crippen LogP contribution in [0.1, 0.15) is 23.7 Å². The van der Waals surface area contributed by atoms with Crippen LogP contribution < -0.4 is 14.2 Å². The summed E-state index contributed by atoms with van der Waals surface area (Å²) < 4.78 is 17.2. The first-order valence-electron chi connectivity index (χ1n) is 10.2. The summed E-state index contributed by atoms with van der Waals surface area (Å²) >= 11 is 0. The lowest BCUT2D eigenvalue weighted by Crippen LogP contribution is -2.34. The number of carbonyl (C=O) groups is 1. The van der Waals surface area contributed by atoms with E-state index in [0.29, 0.717) is 36.9 Å². The van der Waals surface area contributed by atoms with E-state index in [1.807, 2.05) is 54.3 Å². The molecule has 0 N–H and O–H groups in total. The molecule has 6 heteroatoms. The van der Waals surface area contributed by atoms with Crippen LogP contribution in [-0.2, 0) is 0 Å². The van der Waals surface area contributed by atoms with Crippen molar-refractivity contribution in [1.29, 1.82) is 0 Å². The van der Waals surface area contributed by atoms with Gasteiger partial charge in [-0.05, 0) is 57.3 Å². The molecular weight excluding hydrogens is 368 g/mol. The third-order valence-corrected chi connectivity index (χ3v) is 4.85. The van der Waals surface area contributed by atoms with Gasteiger partial charge in [0.2, 0.25) is 0 Å². The second kappa shape index (κ2) is 10.7. The van der Waals surface area contributed by atoms with Crippen LogP contribution in [0.2, 0.25) is 0 Å². The largest absolute Gasteiger partial charge is 0.490 e. The van der Waals surface area contributed by atoms with E-state index in [-0.39, 0.29) is 5.91 Å². The second-order valence-corrected chi connectivity index (χ2v) is 7.05. The fraction of sp³-hybridized carbons (Fsp3) is 0.435. The Kier molecular flexibility index (Phi) is 7.76. The summed E-state index contributed by atoms with van der Waals surface area (Å²) in [6, 6.07) is 15.0. The Bertz CT molecular complexity index is 782. The molecule has 0 aromatic heterocycles. The Morgan fingerprint density at radius 1 is 0.897 bits per heavy atom. The minimum absolute atomic E-state index is 0.0419. The van der Waals surface area contributed by atoms with Crippen LogP contribution in [0.4, 0.5) is 0 Å². The Morgan fingerprint density at radius 2 is 1.69 bits per heavy atom. The van der Waals surface area contributed by atoms with Crippen molar-refractivity contribution in [2.24, 2.45) is 0 Å². The van der Waals surface area contributed by atoms with E-state index in [0.717, 1.165) is 38.3 Å². The minimum atomic E-state index is 0.0419. The Morgan fingerprint density at radius 3 is 2.48 bits per heavy atom. The molecule has 0 saturated carbocycles. The van der Waals surface area contributed by atoms with Crippen molar-refractivity contribution in [3.05, 3.63) is 54.1 Å². The predicted molar refractivity (Wildman–Crippen MR) is 113 cm³/mol. The average Bonchev–Trinajstić information content (AvgIpc) is 2.97. The first kappa shape index (κ1) is 21.0. The molecule has 1 aliphatic heterocycles. The lowest BCUT2D eigenvalue weighted by molar-refractivity contribution is 0.0762. The number of hydrogen-bond donors (Lipinski definition) is 0. The van der Waals surface area contributed by atoms with E-state index in [2.05, 4.69) is 11.9 Å². The fourth-order valence-corrected chi connectivity index (χ4v) is 3.29. The van der Waals surface area contributed by atoms with Crippen molar-refractivity contribution in [1.82, 2.24) is 9.80 Å². The molecule has 156 valence electrons. The number of ether oxygens (including phenoxy) is 3. The molecule has 1 aliphatic rings. The van der Waals surface area contributed by atoms with Crippen molar-refractivity contribution >= 4 is 5.91 Å². The van der Waals surface area contributed by atoms with Crippen LogP contribution in [0, 0.1) is 0 Å². The summed E-state index contributed by atoms with van der Waals surface area (Å²) in [6.45, 7) is 6.68. The zero-order chi connectivity index (χ0) is 20.5. The standard InChI is InChI=1S/C23H30N2O4/c1-3-27-22-18-19(23(26)25-13-7-12-24(2)14-15-25)10-11-21(22)29-17-16-28-20-8-5-4-6-9-20/h4-6,8-11,18H,3,7,12-17H2,1-2H3. The Hall–Kier alpha value is -2.73. The van der Waals surface area contributed by atoms with Gasteiger partial charge < -0.3 is 24.0 Å². The maximum atomic E-state index is 12.9. The van der Waals surface area contributed by atoms with Crippen LogP contribution in [0.25, 0.3) is 0 Å². The number of likely N-dealkylation sites (N-methyl/N-ethyl adjacent to an activating group) is 1. The first-order chi connectivity index (χ1) is 14.2. The summed E-state index contributed by atoms with van der Waals surface area (Å²) in [5.41, 5.74) is 0.630. The lowest BCUT2D eigenvalue weighted by atomic mass is 10.1. The lowest BCUT2D eigenvalue weighted by Gasteiger charge is -2.21. The van der Waals surface area contributed by atoms with E-state index in [4.69, 9.17) is 14.2 Å². The molecule has 1 heterocycles. The Labute approximate surface area is 173 Å². The SMILES string of the molecule is CCOc1cc(C(=O)N2CCCN(C)CC2)ccc1OCCOc1ccccc1. The molecule has 0 aliphatic carbocycles. The maximum Gasteiger partial charge on any atom is 0.254 e. The number of rotatable bonds is 8. The number of nitrogens with zero attached hydrogens (tertiary/aromatic N) is 2. The number of benzene rings is 2. The van der Waals surface area contributed by atoms with Gasteiger partial charge in [-0.2, -0.15) is 0 Å². The molecule has 0 bridgehead atoms. The van der Waals surface area contributed by atoms with Gasteiger partial charge in [0.15, 0.2) is 11.5 Å². The van der Waals surface area contributed by atoms with Crippen molar-refractivity contribution in [2.75, 3.05) is 53.0 Å². The van der Waals surface area contributed by atoms with Crippen LogP contribution >= 0.6 is 0 Å². The smallest absolute Gasteiger partial charge is 0.254 e. The fourth-order valence-electron chi connectivity index (χ4n) is 3.29. The van der Waals surface area contributed by atoms with Crippen molar-refractivity contribution in [3.8, 4) is 17.2 Å². The average molecular weight is 399 g/mol. The van der Waals surface area contributed by atoms with Crippen LogP contribution in [-0.4, -0.2) is 68.8 Å². The predicted octanol–water partition coefficient (Wildman–Crippen LogP) is 3.32. The van der Waals surface area contributed by atoms with E-state index in [9.17, 15) is 4.79 Å². The molecule has 0 spiro atoms. The van der Waals surface area contributed by atoms with Gasteiger partial charge in [0, 0.05) is 25.2 Å². The van der Waals surface area contributed by atoms with Crippen LogP contribution in [0.15, 0.2) is 48.5 Å². The normalized spacial score (nSPS) is 14.9. The molecule has 0 unspecified atom stereocenters. The molecule has 0 atom stereocenters. The highest BCUT2D eigenvalue weighted by Crippen LogP contribution is 2.29. The first-order valence-corrected chi connectivity index (χ1v) is 10.2. The quantitative estimate of drug-likeness (QED) is 0.639. The van der Waals surface area contributed by atoms with Gasteiger partial charge >= 0.3 is 0 Å².